The van der Waals surface area contributed by atoms with Crippen molar-refractivity contribution in [2.24, 2.45) is 23.2 Å². The van der Waals surface area contributed by atoms with E-state index in [1.165, 1.54) is 24.1 Å². The van der Waals surface area contributed by atoms with E-state index in [1.807, 2.05) is 6.07 Å². The van der Waals surface area contributed by atoms with Crippen molar-refractivity contribution in [2.45, 2.75) is 45.1 Å². The van der Waals surface area contributed by atoms with Gasteiger partial charge < -0.3 is 19.1 Å². The molecule has 3 aliphatic heterocycles. The lowest BCUT2D eigenvalue weighted by Crippen LogP contribution is -2.50. The van der Waals surface area contributed by atoms with Gasteiger partial charge in [0.15, 0.2) is 11.5 Å². The number of ether oxygens (including phenoxy) is 3. The van der Waals surface area contributed by atoms with Crippen LogP contribution in [-0.4, -0.2) is 56.5 Å². The van der Waals surface area contributed by atoms with E-state index < -0.39 is 0 Å². The van der Waals surface area contributed by atoms with Crippen LogP contribution in [0, 0.1) is 23.2 Å². The molecule has 172 valence electrons. The molecule has 5 unspecified atom stereocenters. The summed E-state index contributed by atoms with van der Waals surface area (Å²) in [5, 5.41) is 0. The first kappa shape index (κ1) is 20.4. The first-order chi connectivity index (χ1) is 15.5. The second kappa shape index (κ2) is 7.68. The monoisotopic (exact) mass is 438 g/mol. The van der Waals surface area contributed by atoms with Gasteiger partial charge in [0.2, 0.25) is 6.79 Å². The zero-order valence-electron chi connectivity index (χ0n) is 19.1. The minimum Gasteiger partial charge on any atom is -0.462 e. The van der Waals surface area contributed by atoms with Gasteiger partial charge in [0.1, 0.15) is 6.10 Å². The maximum Gasteiger partial charge on any atom is 0.310 e. The molecule has 0 N–H and O–H groups in total. The smallest absolute Gasteiger partial charge is 0.310 e. The molecule has 0 aromatic heterocycles. The molecule has 6 nitrogen and oxygen atoms in total. The Balaban J connectivity index is 1.09. The van der Waals surface area contributed by atoms with Crippen molar-refractivity contribution >= 4 is 11.7 Å². The third-order valence-electron chi connectivity index (χ3n) is 8.87. The van der Waals surface area contributed by atoms with Crippen molar-refractivity contribution in [3.05, 3.63) is 30.4 Å². The van der Waals surface area contributed by atoms with E-state index in [4.69, 9.17) is 14.2 Å². The largest absolute Gasteiger partial charge is 0.462 e. The zero-order chi connectivity index (χ0) is 21.9. The minimum atomic E-state index is 0.0105. The van der Waals surface area contributed by atoms with Crippen molar-refractivity contribution in [2.75, 3.05) is 44.4 Å². The van der Waals surface area contributed by atoms with Crippen LogP contribution in [0.15, 0.2) is 30.4 Å². The fraction of sp³-hybridized carbons (Fsp3) is 0.654. The van der Waals surface area contributed by atoms with E-state index >= 15 is 0 Å². The summed E-state index contributed by atoms with van der Waals surface area (Å²) in [7, 11) is 0. The highest BCUT2D eigenvalue weighted by Crippen LogP contribution is 2.57. The SMILES string of the molecule is C=C1CCCC2(C)CC3OC(=O)C(CN4CCN(c5ccc6c(c5)OCO6)CC4)C3CC12. The Labute approximate surface area is 190 Å². The number of nitrogens with zero attached hydrogens (tertiary/aromatic N) is 2. The number of carbonyl (C=O) groups excluding carboxylic acids is 1. The number of anilines is 1. The molecule has 0 radical (unpaired) electrons. The Bertz CT molecular complexity index is 924. The molecule has 1 aromatic carbocycles. The molecule has 0 bridgehead atoms. The summed E-state index contributed by atoms with van der Waals surface area (Å²) in [6.45, 7) is 11.8. The number of rotatable bonds is 3. The number of benzene rings is 1. The normalized spacial score (nSPS) is 36.6. The van der Waals surface area contributed by atoms with Gasteiger partial charge in [0, 0.05) is 50.4 Å². The summed E-state index contributed by atoms with van der Waals surface area (Å²) in [5.41, 5.74) is 2.85. The molecule has 0 amide bonds. The fourth-order valence-corrected chi connectivity index (χ4v) is 7.01. The quantitative estimate of drug-likeness (QED) is 0.528. The van der Waals surface area contributed by atoms with Crippen molar-refractivity contribution in [1.82, 2.24) is 4.90 Å². The number of allylic oxidation sites excluding steroid dienone is 1. The van der Waals surface area contributed by atoms with Crippen LogP contribution in [0.4, 0.5) is 5.69 Å². The van der Waals surface area contributed by atoms with Gasteiger partial charge in [-0.2, -0.15) is 0 Å². The maximum absolute atomic E-state index is 12.9. The molecular formula is C26H34N2O4. The summed E-state index contributed by atoms with van der Waals surface area (Å²) < 4.78 is 16.9. The molecule has 0 spiro atoms. The van der Waals surface area contributed by atoms with Crippen LogP contribution in [0.2, 0.25) is 0 Å². The van der Waals surface area contributed by atoms with Gasteiger partial charge >= 0.3 is 5.97 Å². The number of hydrogen-bond acceptors (Lipinski definition) is 6. The lowest BCUT2D eigenvalue weighted by molar-refractivity contribution is -0.146. The Kier molecular flexibility index (Phi) is 4.90. The van der Waals surface area contributed by atoms with Crippen LogP contribution < -0.4 is 14.4 Å². The average molecular weight is 439 g/mol. The predicted molar refractivity (Wildman–Crippen MR) is 122 cm³/mol. The second-order valence-electron chi connectivity index (χ2n) is 10.7. The van der Waals surface area contributed by atoms with Crippen LogP contribution in [0.5, 0.6) is 11.5 Å². The molecule has 1 aromatic rings. The number of piperazine rings is 1. The lowest BCUT2D eigenvalue weighted by Gasteiger charge is -2.50. The summed E-state index contributed by atoms with van der Waals surface area (Å²) in [6, 6.07) is 6.18. The van der Waals surface area contributed by atoms with Gasteiger partial charge in [0.05, 0.1) is 5.92 Å². The number of fused-ring (bicyclic) bond motifs is 3. The number of carbonyl (C=O) groups is 1. The van der Waals surface area contributed by atoms with Crippen molar-refractivity contribution in [1.29, 1.82) is 0 Å². The highest BCUT2D eigenvalue weighted by atomic mass is 16.7. The van der Waals surface area contributed by atoms with Crippen LogP contribution in [0.1, 0.15) is 39.0 Å². The summed E-state index contributed by atoms with van der Waals surface area (Å²) >= 11 is 0. The van der Waals surface area contributed by atoms with E-state index in [2.05, 4.69) is 35.4 Å². The molecule has 5 atom stereocenters. The van der Waals surface area contributed by atoms with Crippen LogP contribution >= 0.6 is 0 Å². The number of hydrogen-bond donors (Lipinski definition) is 0. The van der Waals surface area contributed by atoms with Gasteiger partial charge in [-0.15, -0.1) is 0 Å². The Morgan fingerprint density at radius 2 is 1.97 bits per heavy atom. The molecule has 6 heteroatoms. The molecular weight excluding hydrogens is 404 g/mol. The first-order valence-corrected chi connectivity index (χ1v) is 12.3. The molecule has 3 heterocycles. The van der Waals surface area contributed by atoms with Crippen LogP contribution in [0.3, 0.4) is 0 Å². The predicted octanol–water partition coefficient (Wildman–Crippen LogP) is 3.85. The van der Waals surface area contributed by atoms with E-state index in [0.29, 0.717) is 18.6 Å². The van der Waals surface area contributed by atoms with Gasteiger partial charge in [0.25, 0.3) is 0 Å². The molecule has 32 heavy (non-hydrogen) atoms. The Morgan fingerprint density at radius 3 is 2.81 bits per heavy atom. The topological polar surface area (TPSA) is 51.2 Å². The summed E-state index contributed by atoms with van der Waals surface area (Å²) in [4.78, 5) is 17.7. The zero-order valence-corrected chi connectivity index (χ0v) is 19.1. The van der Waals surface area contributed by atoms with Crippen LogP contribution in [0.25, 0.3) is 0 Å². The second-order valence-corrected chi connectivity index (χ2v) is 10.7. The average Bonchev–Trinajstić information content (AvgIpc) is 3.36. The first-order valence-electron chi connectivity index (χ1n) is 12.3. The fourth-order valence-electron chi connectivity index (χ4n) is 7.01. The van der Waals surface area contributed by atoms with E-state index in [-0.39, 0.29) is 23.4 Å². The molecule has 2 aliphatic carbocycles. The molecule has 6 rings (SSSR count). The van der Waals surface area contributed by atoms with Gasteiger partial charge in [-0.05, 0) is 55.6 Å². The highest BCUT2D eigenvalue weighted by molar-refractivity contribution is 5.75. The summed E-state index contributed by atoms with van der Waals surface area (Å²) in [6.07, 6.45) is 5.82. The third kappa shape index (κ3) is 3.38. The van der Waals surface area contributed by atoms with Gasteiger partial charge in [-0.3, -0.25) is 9.69 Å². The molecule has 5 aliphatic rings. The molecule has 4 fully saturated rings. The maximum atomic E-state index is 12.9. The van der Waals surface area contributed by atoms with Crippen molar-refractivity contribution in [3.63, 3.8) is 0 Å². The van der Waals surface area contributed by atoms with E-state index in [0.717, 1.165) is 63.5 Å². The lowest BCUT2D eigenvalue weighted by atomic mass is 9.55. The van der Waals surface area contributed by atoms with Gasteiger partial charge in [-0.25, -0.2) is 0 Å². The Hall–Kier alpha value is -2.21. The highest BCUT2D eigenvalue weighted by Gasteiger charge is 2.55. The molecule has 2 saturated carbocycles. The van der Waals surface area contributed by atoms with Crippen molar-refractivity contribution < 1.29 is 19.0 Å². The standard InChI is InChI=1S/C26H34N2O4/c1-17-4-3-7-26(2)14-24-19(13-21(17)26)20(25(29)32-24)15-27-8-10-28(11-9-27)18-5-6-22-23(12-18)31-16-30-22/h5-6,12,19-21,24H,1,3-4,7-11,13-16H2,2H3. The van der Waals surface area contributed by atoms with E-state index in [9.17, 15) is 4.79 Å². The van der Waals surface area contributed by atoms with Crippen LogP contribution in [-0.2, 0) is 9.53 Å². The molecule has 2 saturated heterocycles. The van der Waals surface area contributed by atoms with Crippen molar-refractivity contribution in [3.8, 4) is 11.5 Å². The third-order valence-corrected chi connectivity index (χ3v) is 8.87. The van der Waals surface area contributed by atoms with E-state index in [1.54, 1.807) is 0 Å². The Morgan fingerprint density at radius 1 is 1.16 bits per heavy atom. The summed E-state index contributed by atoms with van der Waals surface area (Å²) in [5.74, 6) is 2.60. The minimum absolute atomic E-state index is 0.0105. The number of esters is 1. The van der Waals surface area contributed by atoms with Gasteiger partial charge in [-0.1, -0.05) is 19.1 Å².